The number of phenolic OH excluding ortho intramolecular Hbond substituents is 1. The summed E-state index contributed by atoms with van der Waals surface area (Å²) in [7, 11) is 0. The molecule has 1 amide bonds. The Morgan fingerprint density at radius 1 is 1.56 bits per heavy atom. The molecule has 1 N–H and O–H groups in total. The van der Waals surface area contributed by atoms with Crippen molar-refractivity contribution in [2.24, 2.45) is 5.92 Å². The van der Waals surface area contributed by atoms with Crippen LogP contribution < -0.4 is 4.90 Å². The van der Waals surface area contributed by atoms with E-state index in [0.29, 0.717) is 13.0 Å². The highest BCUT2D eigenvalue weighted by atomic mass is 16.6. The first kappa shape index (κ1) is 12.1. The molecule has 1 fully saturated rings. The zero-order chi connectivity index (χ0) is 13.3. The molecular formula is C12H12N2O4. The Labute approximate surface area is 103 Å². The second-order valence-electron chi connectivity index (χ2n) is 4.13. The van der Waals surface area contributed by atoms with E-state index in [-0.39, 0.29) is 28.9 Å². The van der Waals surface area contributed by atoms with Gasteiger partial charge in [0.2, 0.25) is 5.91 Å². The van der Waals surface area contributed by atoms with Gasteiger partial charge in [0.15, 0.2) is 0 Å². The van der Waals surface area contributed by atoms with E-state index in [2.05, 4.69) is 6.58 Å². The van der Waals surface area contributed by atoms with E-state index in [4.69, 9.17) is 0 Å². The highest BCUT2D eigenvalue weighted by molar-refractivity contribution is 5.98. The summed E-state index contributed by atoms with van der Waals surface area (Å²) in [6.45, 7) is 4.01. The van der Waals surface area contributed by atoms with Gasteiger partial charge in [-0.05, 0) is 12.1 Å². The van der Waals surface area contributed by atoms with E-state index in [0.717, 1.165) is 6.07 Å². The monoisotopic (exact) mass is 248 g/mol. The molecule has 1 unspecified atom stereocenters. The van der Waals surface area contributed by atoms with Crippen molar-refractivity contribution in [3.05, 3.63) is 41.0 Å². The summed E-state index contributed by atoms with van der Waals surface area (Å²) in [4.78, 5) is 23.5. The summed E-state index contributed by atoms with van der Waals surface area (Å²) in [5.41, 5.74) is -0.0554. The van der Waals surface area contributed by atoms with E-state index < -0.39 is 4.92 Å². The van der Waals surface area contributed by atoms with Crippen LogP contribution in [0.25, 0.3) is 0 Å². The molecule has 0 bridgehead atoms. The van der Waals surface area contributed by atoms with Gasteiger partial charge in [0, 0.05) is 18.9 Å². The SMILES string of the molecule is C=CC1CC(=O)N(c2ccc(O)cc2[N+](=O)[O-])C1. The van der Waals surface area contributed by atoms with E-state index in [9.17, 15) is 20.0 Å². The summed E-state index contributed by atoms with van der Waals surface area (Å²) in [5.74, 6) is -0.364. The van der Waals surface area contributed by atoms with Gasteiger partial charge in [0.05, 0.1) is 11.0 Å². The van der Waals surface area contributed by atoms with Gasteiger partial charge in [0.1, 0.15) is 11.4 Å². The van der Waals surface area contributed by atoms with Crippen LogP contribution in [0, 0.1) is 16.0 Å². The van der Waals surface area contributed by atoms with Crippen molar-refractivity contribution in [1.29, 1.82) is 0 Å². The summed E-state index contributed by atoms with van der Waals surface area (Å²) >= 11 is 0. The van der Waals surface area contributed by atoms with Crippen molar-refractivity contribution in [2.75, 3.05) is 11.4 Å². The minimum Gasteiger partial charge on any atom is -0.508 e. The largest absolute Gasteiger partial charge is 0.508 e. The van der Waals surface area contributed by atoms with Crippen molar-refractivity contribution >= 4 is 17.3 Å². The van der Waals surface area contributed by atoms with Crippen LogP contribution in [0.5, 0.6) is 5.75 Å². The van der Waals surface area contributed by atoms with Crippen LogP contribution in [-0.4, -0.2) is 22.5 Å². The molecule has 1 saturated heterocycles. The molecule has 1 aliphatic heterocycles. The molecular weight excluding hydrogens is 236 g/mol. The Kier molecular flexibility index (Phi) is 3.01. The first-order valence-corrected chi connectivity index (χ1v) is 5.43. The number of benzene rings is 1. The maximum absolute atomic E-state index is 11.8. The molecule has 2 rings (SSSR count). The predicted octanol–water partition coefficient (Wildman–Crippen LogP) is 1.84. The number of carbonyl (C=O) groups excluding carboxylic acids is 1. The average Bonchev–Trinajstić information content (AvgIpc) is 2.70. The minimum atomic E-state index is -0.608. The lowest BCUT2D eigenvalue weighted by Crippen LogP contribution is -2.25. The Bertz CT molecular complexity index is 527. The zero-order valence-electron chi connectivity index (χ0n) is 9.57. The number of rotatable bonds is 3. The van der Waals surface area contributed by atoms with Gasteiger partial charge in [-0.25, -0.2) is 0 Å². The van der Waals surface area contributed by atoms with Crippen LogP contribution >= 0.6 is 0 Å². The van der Waals surface area contributed by atoms with Crippen LogP contribution in [0.4, 0.5) is 11.4 Å². The molecule has 1 heterocycles. The molecule has 1 aromatic carbocycles. The maximum atomic E-state index is 11.8. The summed E-state index contributed by atoms with van der Waals surface area (Å²) < 4.78 is 0. The fraction of sp³-hybridized carbons (Fsp3) is 0.250. The Morgan fingerprint density at radius 3 is 2.83 bits per heavy atom. The number of phenols is 1. The van der Waals surface area contributed by atoms with Crippen molar-refractivity contribution < 1.29 is 14.8 Å². The quantitative estimate of drug-likeness (QED) is 0.502. The second kappa shape index (κ2) is 4.48. The summed E-state index contributed by atoms with van der Waals surface area (Å²) in [6.07, 6.45) is 1.98. The van der Waals surface area contributed by atoms with Gasteiger partial charge in [-0.3, -0.25) is 14.9 Å². The normalized spacial score (nSPS) is 19.0. The molecule has 0 spiro atoms. The van der Waals surface area contributed by atoms with Crippen LogP contribution in [-0.2, 0) is 4.79 Å². The predicted molar refractivity (Wildman–Crippen MR) is 65.4 cm³/mol. The lowest BCUT2D eigenvalue weighted by Gasteiger charge is -2.16. The van der Waals surface area contributed by atoms with E-state index in [1.54, 1.807) is 6.08 Å². The second-order valence-corrected chi connectivity index (χ2v) is 4.13. The van der Waals surface area contributed by atoms with E-state index in [1.807, 2.05) is 0 Å². The molecule has 18 heavy (non-hydrogen) atoms. The fourth-order valence-corrected chi connectivity index (χ4v) is 2.01. The smallest absolute Gasteiger partial charge is 0.296 e. The summed E-state index contributed by atoms with van der Waals surface area (Å²) in [6, 6.07) is 3.76. The number of hydrogen-bond donors (Lipinski definition) is 1. The first-order chi connectivity index (χ1) is 8.52. The number of hydrogen-bond acceptors (Lipinski definition) is 4. The zero-order valence-corrected chi connectivity index (χ0v) is 9.57. The van der Waals surface area contributed by atoms with Gasteiger partial charge >= 0.3 is 0 Å². The molecule has 6 nitrogen and oxygen atoms in total. The van der Waals surface area contributed by atoms with Crippen molar-refractivity contribution in [3.63, 3.8) is 0 Å². The highest BCUT2D eigenvalue weighted by Gasteiger charge is 2.32. The van der Waals surface area contributed by atoms with Crippen LogP contribution in [0.3, 0.4) is 0 Å². The molecule has 1 atom stereocenters. The average molecular weight is 248 g/mol. The Hall–Kier alpha value is -2.37. The number of nitrogens with zero attached hydrogens (tertiary/aromatic N) is 2. The van der Waals surface area contributed by atoms with Gasteiger partial charge in [-0.2, -0.15) is 0 Å². The number of amides is 1. The highest BCUT2D eigenvalue weighted by Crippen LogP contribution is 2.35. The maximum Gasteiger partial charge on any atom is 0.296 e. The summed E-state index contributed by atoms with van der Waals surface area (Å²) in [5, 5.41) is 20.2. The number of aromatic hydroxyl groups is 1. The van der Waals surface area contributed by atoms with Gasteiger partial charge < -0.3 is 10.0 Å². The van der Waals surface area contributed by atoms with Gasteiger partial charge in [-0.1, -0.05) is 6.08 Å². The standard InChI is InChI=1S/C12H12N2O4/c1-2-8-5-12(16)13(7-8)10-4-3-9(15)6-11(10)14(17)18/h2-4,6,8,15H,1,5,7H2. The van der Waals surface area contributed by atoms with Gasteiger partial charge in [-0.15, -0.1) is 6.58 Å². The van der Waals surface area contributed by atoms with Crippen LogP contribution in [0.15, 0.2) is 30.9 Å². The lowest BCUT2D eigenvalue weighted by molar-refractivity contribution is -0.384. The molecule has 6 heteroatoms. The van der Waals surface area contributed by atoms with E-state index >= 15 is 0 Å². The Balaban J connectivity index is 2.42. The van der Waals surface area contributed by atoms with Crippen molar-refractivity contribution in [2.45, 2.75) is 6.42 Å². The molecule has 1 aromatic rings. The first-order valence-electron chi connectivity index (χ1n) is 5.43. The van der Waals surface area contributed by atoms with Gasteiger partial charge in [0.25, 0.3) is 5.69 Å². The van der Waals surface area contributed by atoms with Crippen LogP contribution in [0.2, 0.25) is 0 Å². The Morgan fingerprint density at radius 2 is 2.28 bits per heavy atom. The third kappa shape index (κ3) is 2.04. The minimum absolute atomic E-state index is 0.00547. The molecule has 1 aliphatic rings. The fourth-order valence-electron chi connectivity index (χ4n) is 2.01. The van der Waals surface area contributed by atoms with E-state index in [1.165, 1.54) is 17.0 Å². The molecule has 0 saturated carbocycles. The molecule has 0 aromatic heterocycles. The molecule has 0 radical (unpaired) electrons. The third-order valence-corrected chi connectivity index (χ3v) is 2.93. The molecule has 94 valence electrons. The van der Waals surface area contributed by atoms with Crippen molar-refractivity contribution in [1.82, 2.24) is 0 Å². The number of nitro benzene ring substituents is 1. The third-order valence-electron chi connectivity index (χ3n) is 2.93. The van der Waals surface area contributed by atoms with Crippen LogP contribution in [0.1, 0.15) is 6.42 Å². The lowest BCUT2D eigenvalue weighted by atomic mass is 10.1. The molecule has 0 aliphatic carbocycles. The topological polar surface area (TPSA) is 83.7 Å². The number of carbonyl (C=O) groups is 1. The van der Waals surface area contributed by atoms with Crippen molar-refractivity contribution in [3.8, 4) is 5.75 Å². The number of anilines is 1. The number of nitro groups is 1.